The molecule has 0 radical (unpaired) electrons. The van der Waals surface area contributed by atoms with E-state index in [1.165, 1.54) is 48.5 Å². The van der Waals surface area contributed by atoms with E-state index < -0.39 is 10.3 Å². The van der Waals surface area contributed by atoms with Crippen LogP contribution in [0.4, 0.5) is 17.6 Å². The quantitative estimate of drug-likeness (QED) is 0.162. The Balaban J connectivity index is 1.63. The molecule has 6 rings (SSSR count). The van der Waals surface area contributed by atoms with Crippen LogP contribution in [-0.2, 0) is 10.3 Å². The van der Waals surface area contributed by atoms with Crippen LogP contribution < -0.4 is 0 Å². The van der Waals surface area contributed by atoms with Gasteiger partial charge in [0, 0.05) is 10.3 Å². The van der Waals surface area contributed by atoms with Crippen LogP contribution in [0.2, 0.25) is 0 Å². The Morgan fingerprint density at radius 2 is 0.769 bits per heavy atom. The first kappa shape index (κ1) is 26.7. The standard InChI is InChI=1S/C33H30F4P2/c34-26-9-1-5-22(16-26)32(38,23-6-2-10-27(35)17-23)30-20-13-14-21(15-20)31(30)33(39,24-7-3-11-28(36)18-24)25-8-4-12-29(37)19-25/h1-12,16-21,30-31H,13-15,38-39H2. The summed E-state index contributed by atoms with van der Waals surface area (Å²) < 4.78 is 59.0. The molecule has 6 heteroatoms. The molecule has 2 saturated carbocycles. The van der Waals surface area contributed by atoms with Crippen molar-refractivity contribution >= 4 is 18.5 Å². The van der Waals surface area contributed by atoms with E-state index in [4.69, 9.17) is 0 Å². The van der Waals surface area contributed by atoms with Crippen LogP contribution in [0.3, 0.4) is 0 Å². The highest BCUT2D eigenvalue weighted by Crippen LogP contribution is 2.69. The first-order chi connectivity index (χ1) is 18.7. The number of rotatable bonds is 6. The second-order valence-corrected chi connectivity index (χ2v) is 13.0. The average molecular weight is 565 g/mol. The Hall–Kier alpha value is -2.54. The lowest BCUT2D eigenvalue weighted by molar-refractivity contribution is 0.154. The molecule has 2 aliphatic rings. The fourth-order valence-electron chi connectivity index (χ4n) is 7.69. The van der Waals surface area contributed by atoms with Gasteiger partial charge in [-0.2, -0.15) is 0 Å². The van der Waals surface area contributed by atoms with Gasteiger partial charge >= 0.3 is 0 Å². The summed E-state index contributed by atoms with van der Waals surface area (Å²) in [7, 11) is 5.98. The Morgan fingerprint density at radius 3 is 1.03 bits per heavy atom. The van der Waals surface area contributed by atoms with Crippen molar-refractivity contribution in [2.45, 2.75) is 29.6 Å². The Labute approximate surface area is 231 Å². The second kappa shape index (κ2) is 10.1. The summed E-state index contributed by atoms with van der Waals surface area (Å²) >= 11 is 0. The van der Waals surface area contributed by atoms with Crippen molar-refractivity contribution in [3.63, 3.8) is 0 Å². The van der Waals surface area contributed by atoms with Gasteiger partial charge in [-0.3, -0.25) is 0 Å². The van der Waals surface area contributed by atoms with Crippen LogP contribution in [0, 0.1) is 46.9 Å². The third kappa shape index (κ3) is 4.45. The van der Waals surface area contributed by atoms with Gasteiger partial charge in [0.15, 0.2) is 0 Å². The molecule has 0 saturated heterocycles. The minimum Gasteiger partial charge on any atom is -0.207 e. The number of benzene rings is 4. The highest BCUT2D eigenvalue weighted by molar-refractivity contribution is 7.19. The van der Waals surface area contributed by atoms with Gasteiger partial charge in [-0.05, 0) is 114 Å². The van der Waals surface area contributed by atoms with E-state index in [0.717, 1.165) is 41.5 Å². The smallest absolute Gasteiger partial charge is 0.123 e. The van der Waals surface area contributed by atoms with Gasteiger partial charge in [-0.1, -0.05) is 48.5 Å². The molecule has 0 heterocycles. The maximum Gasteiger partial charge on any atom is 0.123 e. The monoisotopic (exact) mass is 564 g/mol. The highest BCUT2D eigenvalue weighted by Gasteiger charge is 2.61. The molecule has 200 valence electrons. The second-order valence-electron chi connectivity index (χ2n) is 11.2. The molecule has 2 fully saturated rings. The van der Waals surface area contributed by atoms with E-state index in [-0.39, 0.29) is 46.9 Å². The van der Waals surface area contributed by atoms with Crippen molar-refractivity contribution in [2.75, 3.05) is 0 Å². The van der Waals surface area contributed by atoms with E-state index in [1.807, 2.05) is 24.3 Å². The van der Waals surface area contributed by atoms with Gasteiger partial charge in [-0.25, -0.2) is 17.6 Å². The molecule has 4 aromatic carbocycles. The molecule has 0 amide bonds. The molecular weight excluding hydrogens is 534 g/mol. The summed E-state index contributed by atoms with van der Waals surface area (Å²) in [6, 6.07) is 26.2. The molecule has 39 heavy (non-hydrogen) atoms. The summed E-state index contributed by atoms with van der Waals surface area (Å²) in [5.41, 5.74) is 2.97. The number of hydrogen-bond donors (Lipinski definition) is 0. The van der Waals surface area contributed by atoms with Crippen molar-refractivity contribution in [3.8, 4) is 0 Å². The molecule has 2 aliphatic carbocycles. The van der Waals surface area contributed by atoms with Crippen molar-refractivity contribution in [3.05, 3.63) is 143 Å². The Morgan fingerprint density at radius 1 is 0.487 bits per heavy atom. The molecular formula is C33H30F4P2. The molecule has 4 aromatic rings. The first-order valence-corrected chi connectivity index (χ1v) is 14.5. The van der Waals surface area contributed by atoms with E-state index >= 15 is 0 Å². The van der Waals surface area contributed by atoms with Gasteiger partial charge < -0.3 is 0 Å². The predicted octanol–water partition coefficient (Wildman–Crippen LogP) is 8.84. The van der Waals surface area contributed by atoms with Gasteiger partial charge in [0.25, 0.3) is 0 Å². The van der Waals surface area contributed by atoms with Crippen LogP contribution in [0.25, 0.3) is 0 Å². The maximum atomic E-state index is 14.7. The van der Waals surface area contributed by atoms with Crippen molar-refractivity contribution < 1.29 is 17.6 Å². The predicted molar refractivity (Wildman–Crippen MR) is 154 cm³/mol. The van der Waals surface area contributed by atoms with Crippen molar-refractivity contribution in [2.24, 2.45) is 23.7 Å². The maximum absolute atomic E-state index is 14.7. The zero-order chi connectivity index (χ0) is 27.4. The lowest BCUT2D eigenvalue weighted by Gasteiger charge is -2.52. The summed E-state index contributed by atoms with van der Waals surface area (Å²) in [5.74, 6) is -1.07. The zero-order valence-electron chi connectivity index (χ0n) is 21.3. The van der Waals surface area contributed by atoms with E-state index in [9.17, 15) is 17.6 Å². The van der Waals surface area contributed by atoms with Crippen LogP contribution in [-0.4, -0.2) is 0 Å². The molecule has 2 bridgehead atoms. The largest absolute Gasteiger partial charge is 0.207 e. The molecule has 0 aliphatic heterocycles. The third-order valence-corrected chi connectivity index (χ3v) is 11.3. The normalized spacial score (nSPS) is 22.8. The average Bonchev–Trinajstić information content (AvgIpc) is 3.55. The SMILES string of the molecule is Fc1cccc(C(P)(c2cccc(F)c2)C2C3CCC(C3)C2C(P)(c2cccc(F)c2)c2cccc(F)c2)c1. The highest BCUT2D eigenvalue weighted by atomic mass is 31.0. The fourth-order valence-corrected chi connectivity index (χ4v) is 9.37. The molecule has 6 atom stereocenters. The van der Waals surface area contributed by atoms with E-state index in [0.29, 0.717) is 0 Å². The molecule has 6 unspecified atom stereocenters. The van der Waals surface area contributed by atoms with Gasteiger partial charge in [0.1, 0.15) is 23.3 Å². The minimum absolute atomic E-state index is 0.0890. The lowest BCUT2D eigenvalue weighted by atomic mass is 9.60. The lowest BCUT2D eigenvalue weighted by Crippen LogP contribution is -2.47. The molecule has 0 spiro atoms. The van der Waals surface area contributed by atoms with E-state index in [1.54, 1.807) is 24.3 Å². The minimum atomic E-state index is -0.836. The Bertz CT molecular complexity index is 1320. The zero-order valence-corrected chi connectivity index (χ0v) is 23.6. The van der Waals surface area contributed by atoms with Gasteiger partial charge in [0.05, 0.1) is 0 Å². The summed E-state index contributed by atoms with van der Waals surface area (Å²) in [6.45, 7) is 0. The van der Waals surface area contributed by atoms with Gasteiger partial charge in [-0.15, -0.1) is 18.5 Å². The van der Waals surface area contributed by atoms with Gasteiger partial charge in [0.2, 0.25) is 0 Å². The summed E-state index contributed by atoms with van der Waals surface area (Å²) in [5, 5.41) is -1.67. The van der Waals surface area contributed by atoms with Crippen LogP contribution in [0.15, 0.2) is 97.1 Å². The van der Waals surface area contributed by atoms with Crippen LogP contribution in [0.1, 0.15) is 41.5 Å². The van der Waals surface area contributed by atoms with Crippen molar-refractivity contribution in [1.82, 2.24) is 0 Å². The van der Waals surface area contributed by atoms with Crippen LogP contribution in [0.5, 0.6) is 0 Å². The third-order valence-electron chi connectivity index (χ3n) is 9.18. The fraction of sp³-hybridized carbons (Fsp3) is 0.273. The topological polar surface area (TPSA) is 0 Å². The van der Waals surface area contributed by atoms with Crippen LogP contribution >= 0.6 is 18.5 Å². The number of hydrogen-bond acceptors (Lipinski definition) is 0. The first-order valence-electron chi connectivity index (χ1n) is 13.3. The van der Waals surface area contributed by atoms with Crippen molar-refractivity contribution in [1.29, 1.82) is 0 Å². The molecule has 0 N–H and O–H groups in total. The number of halogens is 4. The summed E-state index contributed by atoms with van der Waals surface area (Å²) in [4.78, 5) is 0. The summed E-state index contributed by atoms with van der Waals surface area (Å²) in [6.07, 6.45) is 2.95. The number of fused-ring (bicyclic) bond motifs is 2. The molecule has 0 aromatic heterocycles. The van der Waals surface area contributed by atoms with E-state index in [2.05, 4.69) is 18.5 Å². The Kier molecular flexibility index (Phi) is 6.93. The molecule has 0 nitrogen and oxygen atoms in total.